The van der Waals surface area contributed by atoms with Gasteiger partial charge in [0.25, 0.3) is 0 Å². The van der Waals surface area contributed by atoms with Gasteiger partial charge in [-0.25, -0.2) is 0 Å². The van der Waals surface area contributed by atoms with E-state index in [2.05, 4.69) is 41.2 Å². The lowest BCUT2D eigenvalue weighted by atomic mass is 9.67. The zero-order chi connectivity index (χ0) is 9.12. The van der Waals surface area contributed by atoms with Crippen molar-refractivity contribution in [3.8, 4) is 0 Å². The van der Waals surface area contributed by atoms with Gasteiger partial charge < -0.3 is 12.3 Å². The van der Waals surface area contributed by atoms with E-state index in [-0.39, 0.29) is 37.1 Å². The van der Waals surface area contributed by atoms with E-state index in [1.165, 1.54) is 6.42 Å². The molecule has 0 spiro atoms. The van der Waals surface area contributed by atoms with E-state index in [1.807, 2.05) is 6.08 Å². The zero-order valence-corrected chi connectivity index (χ0v) is 12.6. The maximum Gasteiger partial charge on any atom is -0.0303 e. The van der Waals surface area contributed by atoms with Gasteiger partial charge in [0.2, 0.25) is 0 Å². The summed E-state index contributed by atoms with van der Waals surface area (Å²) in [5.41, 5.74) is 0.817. The van der Waals surface area contributed by atoms with Crippen molar-refractivity contribution in [1.82, 2.24) is 12.3 Å². The van der Waals surface area contributed by atoms with Crippen molar-refractivity contribution in [2.24, 2.45) is 10.8 Å². The normalized spacial score (nSPS) is 9.67. The van der Waals surface area contributed by atoms with Gasteiger partial charge >= 0.3 is 0 Å². The summed E-state index contributed by atoms with van der Waals surface area (Å²) in [6.07, 6.45) is 4.37. The Morgan fingerprint density at radius 3 is 1.47 bits per heavy atom. The van der Waals surface area contributed by atoms with Gasteiger partial charge in [0, 0.05) is 0 Å². The highest BCUT2D eigenvalue weighted by Crippen LogP contribution is 2.41. The van der Waals surface area contributed by atoms with Crippen LogP contribution in [0.25, 0.3) is 0 Å². The van der Waals surface area contributed by atoms with E-state index in [4.69, 9.17) is 0 Å². The van der Waals surface area contributed by atoms with Crippen molar-refractivity contribution >= 4 is 24.8 Å². The molecule has 0 saturated carbocycles. The summed E-state index contributed by atoms with van der Waals surface area (Å²) in [5.74, 6) is 0. The lowest BCUT2D eigenvalue weighted by Gasteiger charge is -2.38. The molecule has 0 atom stereocenters. The molecule has 0 aromatic rings. The number of allylic oxidation sites excluding steroid dienone is 1. The summed E-state index contributed by atoms with van der Waals surface area (Å²) in [7, 11) is 0. The van der Waals surface area contributed by atoms with Crippen molar-refractivity contribution in [1.29, 1.82) is 0 Å². The van der Waals surface area contributed by atoms with Crippen LogP contribution in [0.4, 0.5) is 0 Å². The molecule has 0 bridgehead atoms. The molecule has 0 amide bonds. The number of halogens is 2. The Morgan fingerprint density at radius 1 is 0.933 bits per heavy atom. The van der Waals surface area contributed by atoms with Crippen molar-refractivity contribution in [3.05, 3.63) is 12.7 Å². The highest BCUT2D eigenvalue weighted by Gasteiger charge is 2.31. The molecule has 0 aliphatic heterocycles. The lowest BCUT2D eigenvalue weighted by molar-refractivity contribution is 0.121. The topological polar surface area (TPSA) is 70.0 Å². The highest BCUT2D eigenvalue weighted by molar-refractivity contribution is 5.85. The minimum absolute atomic E-state index is 0. The monoisotopic (exact) mass is 260 g/mol. The van der Waals surface area contributed by atoms with Crippen molar-refractivity contribution in [3.63, 3.8) is 0 Å². The van der Waals surface area contributed by atoms with Crippen LogP contribution >= 0.6 is 24.8 Å². The summed E-state index contributed by atoms with van der Waals surface area (Å²) in [6.45, 7) is 15.3. The van der Waals surface area contributed by atoms with E-state index in [0.717, 1.165) is 6.42 Å². The standard InChI is InChI=1S/C11H22.2ClH.2H3N/c1-7-8-9-11(5,6)10(2,3)4;;;;/h7H,1,8-9H2,2-6H3;2*1H;2*1H3. The second-order valence-electron chi connectivity index (χ2n) is 4.96. The van der Waals surface area contributed by atoms with Gasteiger partial charge in [0.05, 0.1) is 0 Å². The van der Waals surface area contributed by atoms with E-state index < -0.39 is 0 Å². The van der Waals surface area contributed by atoms with Crippen molar-refractivity contribution in [2.75, 3.05) is 0 Å². The van der Waals surface area contributed by atoms with Crippen molar-refractivity contribution in [2.45, 2.75) is 47.5 Å². The second kappa shape index (κ2) is 10.7. The molecule has 98 valence electrons. The van der Waals surface area contributed by atoms with Gasteiger partial charge in [-0.15, -0.1) is 31.4 Å². The third-order valence-electron chi connectivity index (χ3n) is 3.00. The number of hydrogen-bond donors (Lipinski definition) is 2. The van der Waals surface area contributed by atoms with Crippen LogP contribution in [0.3, 0.4) is 0 Å². The van der Waals surface area contributed by atoms with E-state index in [1.54, 1.807) is 0 Å². The molecule has 15 heavy (non-hydrogen) atoms. The Bertz CT molecular complexity index is 140. The molecular formula is C11H30Cl2N2. The van der Waals surface area contributed by atoms with Crippen LogP contribution in [0, 0.1) is 10.8 Å². The minimum Gasteiger partial charge on any atom is -0.344 e. The first-order chi connectivity index (χ1) is 4.81. The van der Waals surface area contributed by atoms with Crippen LogP contribution in [0.2, 0.25) is 0 Å². The fourth-order valence-electron chi connectivity index (χ4n) is 0.838. The average molecular weight is 261 g/mol. The van der Waals surface area contributed by atoms with Crippen LogP contribution in [-0.2, 0) is 0 Å². The van der Waals surface area contributed by atoms with E-state index in [0.29, 0.717) is 10.8 Å². The van der Waals surface area contributed by atoms with Gasteiger partial charge in [0.15, 0.2) is 0 Å². The molecule has 0 saturated heterocycles. The Labute approximate surface area is 108 Å². The SMILES string of the molecule is C=CCCC(C)(C)C(C)(C)C.Cl.Cl.N.N. The maximum absolute atomic E-state index is 3.75. The van der Waals surface area contributed by atoms with Crippen molar-refractivity contribution < 1.29 is 0 Å². The Morgan fingerprint density at radius 2 is 1.27 bits per heavy atom. The molecule has 2 nitrogen and oxygen atoms in total. The van der Waals surface area contributed by atoms with Gasteiger partial charge in [0.1, 0.15) is 0 Å². The molecule has 0 aromatic carbocycles. The second-order valence-corrected chi connectivity index (χ2v) is 4.96. The van der Waals surface area contributed by atoms with Crippen LogP contribution in [-0.4, -0.2) is 0 Å². The molecule has 0 rings (SSSR count). The fourth-order valence-corrected chi connectivity index (χ4v) is 0.838. The average Bonchev–Trinajstić information content (AvgIpc) is 1.81. The molecule has 0 fully saturated rings. The first-order valence-corrected chi connectivity index (χ1v) is 4.42. The molecule has 0 aliphatic rings. The summed E-state index contributed by atoms with van der Waals surface area (Å²) < 4.78 is 0. The maximum atomic E-state index is 3.75. The first kappa shape index (κ1) is 29.5. The van der Waals surface area contributed by atoms with E-state index >= 15 is 0 Å². The Kier molecular flexibility index (Phi) is 21.1. The van der Waals surface area contributed by atoms with Gasteiger partial charge in [-0.3, -0.25) is 0 Å². The van der Waals surface area contributed by atoms with E-state index in [9.17, 15) is 0 Å². The predicted molar refractivity (Wildman–Crippen MR) is 77.2 cm³/mol. The molecule has 0 heterocycles. The molecule has 0 aliphatic carbocycles. The predicted octanol–water partition coefficient (Wildman–Crippen LogP) is 5.19. The number of hydrogen-bond acceptors (Lipinski definition) is 2. The summed E-state index contributed by atoms with van der Waals surface area (Å²) in [6, 6.07) is 0. The van der Waals surface area contributed by atoms with Gasteiger partial charge in [-0.1, -0.05) is 40.7 Å². The fraction of sp³-hybridized carbons (Fsp3) is 0.818. The molecule has 0 radical (unpaired) electrons. The minimum atomic E-state index is 0. The first-order valence-electron chi connectivity index (χ1n) is 4.42. The highest BCUT2D eigenvalue weighted by atomic mass is 35.5. The van der Waals surface area contributed by atoms with Gasteiger partial charge in [-0.05, 0) is 23.7 Å². The molecule has 6 N–H and O–H groups in total. The Hall–Kier alpha value is 0.240. The molecule has 0 unspecified atom stereocenters. The molecule has 4 heteroatoms. The third-order valence-corrected chi connectivity index (χ3v) is 3.00. The summed E-state index contributed by atoms with van der Waals surface area (Å²) in [4.78, 5) is 0. The molecule has 0 aromatic heterocycles. The van der Waals surface area contributed by atoms with Crippen LogP contribution in [0.15, 0.2) is 12.7 Å². The van der Waals surface area contributed by atoms with Crippen LogP contribution in [0.5, 0.6) is 0 Å². The zero-order valence-electron chi connectivity index (χ0n) is 10.9. The smallest absolute Gasteiger partial charge is 0.0303 e. The molecular weight excluding hydrogens is 231 g/mol. The number of rotatable bonds is 3. The quantitative estimate of drug-likeness (QED) is 0.686. The third kappa shape index (κ3) is 10.5. The van der Waals surface area contributed by atoms with Gasteiger partial charge in [-0.2, -0.15) is 0 Å². The summed E-state index contributed by atoms with van der Waals surface area (Å²) in [5, 5.41) is 0. The van der Waals surface area contributed by atoms with Crippen LogP contribution in [0.1, 0.15) is 47.5 Å². The largest absolute Gasteiger partial charge is 0.344 e. The lowest BCUT2D eigenvalue weighted by Crippen LogP contribution is -2.29. The Balaban J connectivity index is -0.0000000833. The van der Waals surface area contributed by atoms with Crippen LogP contribution < -0.4 is 12.3 Å². The summed E-state index contributed by atoms with van der Waals surface area (Å²) >= 11 is 0.